The zero-order chi connectivity index (χ0) is 19.7. The second-order valence-corrected chi connectivity index (χ2v) is 6.97. The number of rotatable bonds is 4. The third kappa shape index (κ3) is 3.62. The average Bonchev–Trinajstić information content (AvgIpc) is 2.69. The summed E-state index contributed by atoms with van der Waals surface area (Å²) in [6.07, 6.45) is 0. The van der Waals surface area contributed by atoms with Gasteiger partial charge in [0.25, 0.3) is 0 Å². The lowest BCUT2D eigenvalue weighted by molar-refractivity contribution is 0.477. The molecule has 0 saturated heterocycles. The van der Waals surface area contributed by atoms with E-state index in [1.165, 1.54) is 12.1 Å². The first kappa shape index (κ1) is 18.2. The first-order chi connectivity index (χ1) is 13.5. The second kappa shape index (κ2) is 7.44. The monoisotopic (exact) mass is 393 g/mol. The van der Waals surface area contributed by atoms with Crippen molar-refractivity contribution in [1.82, 2.24) is 9.97 Å². The fraction of sp³-hybridized carbons (Fsp3) is 0.0909. The van der Waals surface area contributed by atoms with E-state index in [1.807, 2.05) is 24.1 Å². The number of nitrogens with zero attached hydrogens (tertiary/aromatic N) is 3. The lowest BCUT2D eigenvalue weighted by atomic mass is 10.1. The molecule has 4 rings (SSSR count). The summed E-state index contributed by atoms with van der Waals surface area (Å²) in [6.45, 7) is 0.537. The van der Waals surface area contributed by atoms with Crippen LogP contribution in [0.2, 0.25) is 5.02 Å². The zero-order valence-electron chi connectivity index (χ0n) is 15.1. The third-order valence-electron chi connectivity index (χ3n) is 4.48. The van der Waals surface area contributed by atoms with Crippen LogP contribution >= 0.6 is 11.6 Å². The molecule has 0 amide bonds. The van der Waals surface area contributed by atoms with E-state index in [0.29, 0.717) is 34.3 Å². The number of phenolic OH excluding ortho intramolecular Hbond substituents is 1. The van der Waals surface area contributed by atoms with Crippen LogP contribution in [-0.4, -0.2) is 22.1 Å². The maximum atomic E-state index is 13.2. The van der Waals surface area contributed by atoms with Gasteiger partial charge in [0.1, 0.15) is 17.4 Å². The van der Waals surface area contributed by atoms with Crippen LogP contribution in [0, 0.1) is 5.82 Å². The van der Waals surface area contributed by atoms with Crippen molar-refractivity contribution < 1.29 is 9.50 Å². The van der Waals surface area contributed by atoms with Gasteiger partial charge in [-0.05, 0) is 48.0 Å². The van der Waals surface area contributed by atoms with Gasteiger partial charge in [-0.15, -0.1) is 0 Å². The molecule has 1 N–H and O–H groups in total. The normalized spacial score (nSPS) is 11.0. The minimum absolute atomic E-state index is 0.107. The van der Waals surface area contributed by atoms with Crippen LogP contribution in [0.5, 0.6) is 5.75 Å². The number of phenols is 1. The Morgan fingerprint density at radius 3 is 2.50 bits per heavy atom. The van der Waals surface area contributed by atoms with E-state index in [9.17, 15) is 9.50 Å². The maximum absolute atomic E-state index is 13.2. The fourth-order valence-corrected chi connectivity index (χ4v) is 3.27. The van der Waals surface area contributed by atoms with Crippen molar-refractivity contribution in [2.75, 3.05) is 11.9 Å². The van der Waals surface area contributed by atoms with Crippen LogP contribution in [0.4, 0.5) is 10.2 Å². The van der Waals surface area contributed by atoms with E-state index < -0.39 is 0 Å². The van der Waals surface area contributed by atoms with Crippen LogP contribution in [-0.2, 0) is 6.54 Å². The molecular weight excluding hydrogens is 377 g/mol. The Morgan fingerprint density at radius 1 is 1.00 bits per heavy atom. The van der Waals surface area contributed by atoms with Gasteiger partial charge in [-0.2, -0.15) is 0 Å². The topological polar surface area (TPSA) is 49.2 Å². The van der Waals surface area contributed by atoms with Gasteiger partial charge in [-0.25, -0.2) is 14.4 Å². The molecule has 1 aromatic heterocycles. The highest BCUT2D eigenvalue weighted by Crippen LogP contribution is 2.32. The van der Waals surface area contributed by atoms with E-state index in [1.54, 1.807) is 42.5 Å². The number of para-hydroxylation sites is 1. The molecule has 1 heterocycles. The van der Waals surface area contributed by atoms with Gasteiger partial charge in [-0.1, -0.05) is 35.9 Å². The summed E-state index contributed by atoms with van der Waals surface area (Å²) in [6, 6.07) is 18.8. The zero-order valence-corrected chi connectivity index (χ0v) is 15.9. The van der Waals surface area contributed by atoms with E-state index in [2.05, 4.69) is 4.98 Å². The fourth-order valence-electron chi connectivity index (χ4n) is 3.10. The molecule has 6 heteroatoms. The molecule has 0 unspecified atom stereocenters. The molecule has 0 atom stereocenters. The molecule has 4 aromatic rings. The van der Waals surface area contributed by atoms with Gasteiger partial charge in [0.15, 0.2) is 5.82 Å². The maximum Gasteiger partial charge on any atom is 0.165 e. The number of fused-ring (bicyclic) bond motifs is 1. The van der Waals surface area contributed by atoms with Gasteiger partial charge in [0, 0.05) is 24.0 Å². The summed E-state index contributed by atoms with van der Waals surface area (Å²) in [5, 5.41) is 11.6. The lowest BCUT2D eigenvalue weighted by Gasteiger charge is -2.21. The quantitative estimate of drug-likeness (QED) is 0.502. The SMILES string of the molecule is CN(Cc1ccc(F)cc1)c1nc(-c2ccccc2O)nc2cc(Cl)ccc12. The van der Waals surface area contributed by atoms with Gasteiger partial charge in [-0.3, -0.25) is 0 Å². The van der Waals surface area contributed by atoms with E-state index in [0.717, 1.165) is 10.9 Å². The molecule has 3 aromatic carbocycles. The largest absolute Gasteiger partial charge is 0.507 e. The van der Waals surface area contributed by atoms with Crippen molar-refractivity contribution >= 4 is 28.3 Å². The van der Waals surface area contributed by atoms with Gasteiger partial charge in [0.2, 0.25) is 0 Å². The Kier molecular flexibility index (Phi) is 4.84. The smallest absolute Gasteiger partial charge is 0.165 e. The Morgan fingerprint density at radius 2 is 1.75 bits per heavy atom. The highest BCUT2D eigenvalue weighted by Gasteiger charge is 2.15. The summed E-state index contributed by atoms with van der Waals surface area (Å²) < 4.78 is 13.2. The molecule has 4 nitrogen and oxygen atoms in total. The molecular formula is C22H17ClFN3O. The molecule has 0 spiro atoms. The van der Waals surface area contributed by atoms with Crippen LogP contribution in [0.25, 0.3) is 22.3 Å². The highest BCUT2D eigenvalue weighted by atomic mass is 35.5. The summed E-state index contributed by atoms with van der Waals surface area (Å²) in [5.74, 6) is 0.949. The molecule has 0 aliphatic carbocycles. The molecule has 0 aliphatic rings. The van der Waals surface area contributed by atoms with E-state index >= 15 is 0 Å². The molecule has 0 bridgehead atoms. The third-order valence-corrected chi connectivity index (χ3v) is 4.71. The van der Waals surface area contributed by atoms with E-state index in [-0.39, 0.29) is 11.6 Å². The number of aromatic hydroxyl groups is 1. The van der Waals surface area contributed by atoms with Crippen LogP contribution < -0.4 is 4.90 Å². The number of hydrogen-bond acceptors (Lipinski definition) is 4. The van der Waals surface area contributed by atoms with Crippen molar-refractivity contribution in [3.05, 3.63) is 83.1 Å². The first-order valence-corrected chi connectivity index (χ1v) is 9.10. The van der Waals surface area contributed by atoms with Crippen molar-refractivity contribution in [2.24, 2.45) is 0 Å². The summed E-state index contributed by atoms with van der Waals surface area (Å²) in [5.41, 5.74) is 2.18. The van der Waals surface area contributed by atoms with Gasteiger partial charge < -0.3 is 10.0 Å². The second-order valence-electron chi connectivity index (χ2n) is 6.53. The van der Waals surface area contributed by atoms with Crippen molar-refractivity contribution in [1.29, 1.82) is 0 Å². The number of anilines is 1. The van der Waals surface area contributed by atoms with Crippen molar-refractivity contribution in [3.8, 4) is 17.1 Å². The average molecular weight is 394 g/mol. The molecule has 0 saturated carbocycles. The number of aromatic nitrogens is 2. The number of halogens is 2. The summed E-state index contributed by atoms with van der Waals surface area (Å²) >= 11 is 6.17. The predicted octanol–water partition coefficient (Wildman–Crippen LogP) is 5.43. The Bertz CT molecular complexity index is 1150. The van der Waals surface area contributed by atoms with Crippen molar-refractivity contribution in [3.63, 3.8) is 0 Å². The Labute approximate surface area is 166 Å². The summed E-state index contributed by atoms with van der Waals surface area (Å²) in [7, 11) is 1.91. The van der Waals surface area contributed by atoms with Crippen LogP contribution in [0.1, 0.15) is 5.56 Å². The molecule has 0 fully saturated rings. The Balaban J connectivity index is 1.83. The molecule has 0 radical (unpaired) electrons. The Hall–Kier alpha value is -3.18. The number of hydrogen-bond donors (Lipinski definition) is 1. The van der Waals surface area contributed by atoms with E-state index in [4.69, 9.17) is 16.6 Å². The minimum Gasteiger partial charge on any atom is -0.507 e. The first-order valence-electron chi connectivity index (χ1n) is 8.72. The molecule has 140 valence electrons. The number of benzene rings is 3. The van der Waals surface area contributed by atoms with Gasteiger partial charge in [0.05, 0.1) is 11.1 Å². The van der Waals surface area contributed by atoms with Gasteiger partial charge >= 0.3 is 0 Å². The standard InChI is InChI=1S/C22H17ClFN3O/c1-27(13-14-6-9-16(24)10-7-14)22-17-11-8-15(23)12-19(17)25-21(26-22)18-4-2-3-5-20(18)28/h2-12,28H,13H2,1H3. The lowest BCUT2D eigenvalue weighted by Crippen LogP contribution is -2.18. The van der Waals surface area contributed by atoms with Crippen LogP contribution in [0.15, 0.2) is 66.7 Å². The predicted molar refractivity (Wildman–Crippen MR) is 110 cm³/mol. The minimum atomic E-state index is -0.268. The highest BCUT2D eigenvalue weighted by molar-refractivity contribution is 6.31. The molecule has 0 aliphatic heterocycles. The van der Waals surface area contributed by atoms with Crippen molar-refractivity contribution in [2.45, 2.75) is 6.54 Å². The summed E-state index contributed by atoms with van der Waals surface area (Å²) in [4.78, 5) is 11.3. The molecule has 28 heavy (non-hydrogen) atoms. The van der Waals surface area contributed by atoms with Crippen LogP contribution in [0.3, 0.4) is 0 Å².